The Morgan fingerprint density at radius 1 is 1.26 bits per heavy atom. The number of aromatic nitrogens is 2. The van der Waals surface area contributed by atoms with Gasteiger partial charge in [0.25, 0.3) is 11.6 Å². The van der Waals surface area contributed by atoms with Gasteiger partial charge in [-0.3, -0.25) is 14.9 Å². The highest BCUT2D eigenvalue weighted by Crippen LogP contribution is 2.23. The number of nitrogens with zero attached hydrogens (tertiary/aromatic N) is 3. The molecule has 0 atom stereocenters. The van der Waals surface area contributed by atoms with Gasteiger partial charge in [0, 0.05) is 6.07 Å². The molecule has 0 bridgehead atoms. The summed E-state index contributed by atoms with van der Waals surface area (Å²) in [4.78, 5) is 31.1. The minimum Gasteiger partial charge on any atom is -0.464 e. The molecule has 0 aliphatic rings. The Kier molecular flexibility index (Phi) is 4.85. The van der Waals surface area contributed by atoms with Gasteiger partial charge >= 0.3 is 6.01 Å². The number of nitro benzene ring substituents is 1. The van der Waals surface area contributed by atoms with Gasteiger partial charge in [-0.1, -0.05) is 12.1 Å². The number of nitrogens with one attached hydrogen (secondary N) is 1. The maximum absolute atomic E-state index is 12.4. The van der Waals surface area contributed by atoms with Crippen LogP contribution in [-0.4, -0.2) is 27.4 Å². The minimum atomic E-state index is -0.594. The van der Waals surface area contributed by atoms with Gasteiger partial charge in [-0.15, -0.1) is 0 Å². The molecule has 1 aromatic carbocycles. The number of benzene rings is 1. The van der Waals surface area contributed by atoms with Crippen molar-refractivity contribution in [1.82, 2.24) is 9.97 Å². The maximum Gasteiger partial charge on any atom is 0.316 e. The summed E-state index contributed by atoms with van der Waals surface area (Å²) in [6.07, 6.45) is 0. The van der Waals surface area contributed by atoms with Crippen LogP contribution in [0.5, 0.6) is 6.01 Å². The fraction of sp³-hybridized carbons (Fsp3) is 0.267. The summed E-state index contributed by atoms with van der Waals surface area (Å²) in [6.45, 7) is 5.65. The number of aryl methyl sites for hydroxylation is 2. The molecule has 0 unspecified atom stereocenters. The lowest BCUT2D eigenvalue weighted by atomic mass is 10.1. The van der Waals surface area contributed by atoms with Crippen molar-refractivity contribution < 1.29 is 14.5 Å². The predicted octanol–water partition coefficient (Wildman–Crippen LogP) is 2.65. The van der Waals surface area contributed by atoms with E-state index in [9.17, 15) is 14.9 Å². The average molecular weight is 316 g/mol. The molecule has 1 heterocycles. The Morgan fingerprint density at radius 2 is 1.87 bits per heavy atom. The molecular weight excluding hydrogens is 300 g/mol. The zero-order valence-electron chi connectivity index (χ0n) is 13.0. The van der Waals surface area contributed by atoms with Crippen LogP contribution in [0.15, 0.2) is 24.3 Å². The van der Waals surface area contributed by atoms with Crippen molar-refractivity contribution in [1.29, 1.82) is 0 Å². The summed E-state index contributed by atoms with van der Waals surface area (Å²) < 4.78 is 5.24. The minimum absolute atomic E-state index is 0.0230. The number of ether oxygens (including phenoxy) is 1. The topological polar surface area (TPSA) is 107 Å². The average Bonchev–Trinajstić information content (AvgIpc) is 2.51. The Hall–Kier alpha value is -3.03. The Balaban J connectivity index is 2.33. The monoisotopic (exact) mass is 316 g/mol. The third kappa shape index (κ3) is 3.60. The molecule has 0 saturated carbocycles. The third-order valence-corrected chi connectivity index (χ3v) is 3.11. The highest BCUT2D eigenvalue weighted by Gasteiger charge is 2.21. The second-order valence-corrected chi connectivity index (χ2v) is 4.71. The Labute approximate surface area is 132 Å². The fourth-order valence-electron chi connectivity index (χ4n) is 2.07. The maximum atomic E-state index is 12.4. The second-order valence-electron chi connectivity index (χ2n) is 4.71. The molecule has 1 amide bonds. The quantitative estimate of drug-likeness (QED) is 0.671. The lowest BCUT2D eigenvalue weighted by Crippen LogP contribution is -2.17. The SMILES string of the molecule is CCOc1nc(C)c(NC(=O)c2ccccc2[N+](=O)[O-])c(C)n1. The molecule has 0 radical (unpaired) electrons. The van der Waals surface area contributed by atoms with Crippen molar-refractivity contribution in [2.45, 2.75) is 20.8 Å². The summed E-state index contributed by atoms with van der Waals surface area (Å²) in [7, 11) is 0. The van der Waals surface area contributed by atoms with Gasteiger partial charge in [-0.05, 0) is 26.8 Å². The molecule has 0 fully saturated rings. The van der Waals surface area contributed by atoms with Crippen LogP contribution in [0.1, 0.15) is 28.7 Å². The molecule has 0 aliphatic heterocycles. The molecule has 0 spiro atoms. The lowest BCUT2D eigenvalue weighted by Gasteiger charge is -2.12. The molecule has 8 nitrogen and oxygen atoms in total. The number of hydrogen-bond acceptors (Lipinski definition) is 6. The van der Waals surface area contributed by atoms with Crippen LogP contribution in [0.4, 0.5) is 11.4 Å². The van der Waals surface area contributed by atoms with Gasteiger partial charge in [-0.2, -0.15) is 9.97 Å². The van der Waals surface area contributed by atoms with Crippen LogP contribution in [0, 0.1) is 24.0 Å². The smallest absolute Gasteiger partial charge is 0.316 e. The van der Waals surface area contributed by atoms with Crippen LogP contribution in [0.25, 0.3) is 0 Å². The first-order valence-electron chi connectivity index (χ1n) is 6.96. The number of rotatable bonds is 5. The highest BCUT2D eigenvalue weighted by molar-refractivity contribution is 6.07. The van der Waals surface area contributed by atoms with Gasteiger partial charge < -0.3 is 10.1 Å². The van der Waals surface area contributed by atoms with Gasteiger partial charge in [-0.25, -0.2) is 0 Å². The summed E-state index contributed by atoms with van der Waals surface area (Å²) in [6, 6.07) is 5.98. The molecule has 0 aliphatic carbocycles. The summed E-state index contributed by atoms with van der Waals surface area (Å²) >= 11 is 0. The number of carbonyl (C=O) groups excluding carboxylic acids is 1. The van der Waals surface area contributed by atoms with E-state index in [1.807, 2.05) is 6.92 Å². The molecule has 1 N–H and O–H groups in total. The standard InChI is InChI=1S/C15H16N4O4/c1-4-23-15-16-9(2)13(10(3)17-15)18-14(20)11-7-5-6-8-12(11)19(21)22/h5-8H,4H2,1-3H3,(H,18,20). The molecule has 8 heteroatoms. The second kappa shape index (κ2) is 6.82. The van der Waals surface area contributed by atoms with E-state index in [4.69, 9.17) is 4.74 Å². The fourth-order valence-corrected chi connectivity index (χ4v) is 2.07. The van der Waals surface area contributed by atoms with Crippen molar-refractivity contribution in [3.05, 3.63) is 51.3 Å². The number of para-hydroxylation sites is 1. The van der Waals surface area contributed by atoms with Gasteiger partial charge in [0.05, 0.1) is 28.6 Å². The molecule has 1 aromatic heterocycles. The van der Waals surface area contributed by atoms with E-state index in [1.54, 1.807) is 19.9 Å². The van der Waals surface area contributed by atoms with Crippen molar-refractivity contribution in [3.63, 3.8) is 0 Å². The summed E-state index contributed by atoms with van der Waals surface area (Å²) in [5.74, 6) is -0.587. The summed E-state index contributed by atoms with van der Waals surface area (Å²) in [5, 5.41) is 13.6. The first-order chi connectivity index (χ1) is 10.9. The van der Waals surface area contributed by atoms with Crippen LogP contribution in [0.2, 0.25) is 0 Å². The number of carbonyl (C=O) groups is 1. The molecule has 2 aromatic rings. The normalized spacial score (nSPS) is 10.2. The van der Waals surface area contributed by atoms with Crippen molar-refractivity contribution in [2.24, 2.45) is 0 Å². The number of hydrogen-bond donors (Lipinski definition) is 1. The van der Waals surface area contributed by atoms with Crippen LogP contribution < -0.4 is 10.1 Å². The first-order valence-corrected chi connectivity index (χ1v) is 6.96. The van der Waals surface area contributed by atoms with Crippen molar-refractivity contribution in [2.75, 3.05) is 11.9 Å². The van der Waals surface area contributed by atoms with Crippen LogP contribution in [-0.2, 0) is 0 Å². The van der Waals surface area contributed by atoms with Crippen molar-refractivity contribution >= 4 is 17.3 Å². The number of nitro groups is 1. The van der Waals surface area contributed by atoms with Gasteiger partial charge in [0.15, 0.2) is 0 Å². The molecular formula is C15H16N4O4. The van der Waals surface area contributed by atoms with Gasteiger partial charge in [0.2, 0.25) is 0 Å². The van der Waals surface area contributed by atoms with E-state index in [-0.39, 0.29) is 17.3 Å². The molecule has 0 saturated heterocycles. The van der Waals surface area contributed by atoms with E-state index >= 15 is 0 Å². The number of amides is 1. The zero-order chi connectivity index (χ0) is 17.0. The van der Waals surface area contributed by atoms with Crippen LogP contribution in [0.3, 0.4) is 0 Å². The number of anilines is 1. The van der Waals surface area contributed by atoms with E-state index in [0.29, 0.717) is 23.7 Å². The first kappa shape index (κ1) is 16.3. The summed E-state index contributed by atoms with van der Waals surface area (Å²) in [5.41, 5.74) is 1.18. The van der Waals surface area contributed by atoms with E-state index in [1.165, 1.54) is 18.2 Å². The van der Waals surface area contributed by atoms with Gasteiger partial charge in [0.1, 0.15) is 5.56 Å². The van der Waals surface area contributed by atoms with E-state index in [0.717, 1.165) is 0 Å². The lowest BCUT2D eigenvalue weighted by molar-refractivity contribution is -0.385. The predicted molar refractivity (Wildman–Crippen MR) is 83.7 cm³/mol. The third-order valence-electron chi connectivity index (χ3n) is 3.11. The highest BCUT2D eigenvalue weighted by atomic mass is 16.6. The largest absolute Gasteiger partial charge is 0.464 e. The molecule has 2 rings (SSSR count). The molecule has 23 heavy (non-hydrogen) atoms. The van der Waals surface area contributed by atoms with E-state index in [2.05, 4.69) is 15.3 Å². The van der Waals surface area contributed by atoms with Crippen LogP contribution >= 0.6 is 0 Å². The van der Waals surface area contributed by atoms with E-state index < -0.39 is 10.8 Å². The molecule has 120 valence electrons. The Morgan fingerprint density at radius 3 is 2.43 bits per heavy atom. The zero-order valence-corrected chi connectivity index (χ0v) is 13.0. The Bertz CT molecular complexity index is 738. The van der Waals surface area contributed by atoms with Crippen molar-refractivity contribution in [3.8, 4) is 6.01 Å².